The van der Waals surface area contributed by atoms with Crippen LogP contribution in [-0.4, -0.2) is 56.9 Å². The van der Waals surface area contributed by atoms with E-state index in [2.05, 4.69) is 102 Å². The summed E-state index contributed by atoms with van der Waals surface area (Å²) < 4.78 is 1.48. The summed E-state index contributed by atoms with van der Waals surface area (Å²) in [5, 5.41) is 0.698. The summed E-state index contributed by atoms with van der Waals surface area (Å²) in [5.41, 5.74) is 1.47. The molecule has 6 heteroatoms. The van der Waals surface area contributed by atoms with E-state index in [1.165, 1.54) is 20.6 Å². The molecule has 1 aliphatic rings. The number of piperazine rings is 1. The van der Waals surface area contributed by atoms with Gasteiger partial charge in [0.25, 0.3) is 0 Å². The van der Waals surface area contributed by atoms with Crippen molar-refractivity contribution >= 4 is 55.8 Å². The maximum absolute atomic E-state index is 6.43. The molecular formula is C24H27N2PS2Se. The first-order chi connectivity index (χ1) is 14.6. The first kappa shape index (κ1) is 22.3. The molecule has 0 aromatic heterocycles. The summed E-state index contributed by atoms with van der Waals surface area (Å²) in [5.74, 6) is 0. The first-order valence-corrected chi connectivity index (χ1v) is 17.3. The van der Waals surface area contributed by atoms with E-state index in [0.29, 0.717) is 0 Å². The Balaban J connectivity index is 1.56. The van der Waals surface area contributed by atoms with E-state index in [9.17, 15) is 0 Å². The molecule has 30 heavy (non-hydrogen) atoms. The van der Waals surface area contributed by atoms with E-state index in [1.54, 1.807) is 0 Å². The van der Waals surface area contributed by atoms with E-state index in [-0.39, 0.29) is 13.8 Å². The Kier molecular flexibility index (Phi) is 7.89. The van der Waals surface area contributed by atoms with E-state index in [0.717, 1.165) is 32.7 Å². The van der Waals surface area contributed by atoms with Crippen molar-refractivity contribution in [3.63, 3.8) is 0 Å². The Labute approximate surface area is 195 Å². The average Bonchev–Trinajstić information content (AvgIpc) is 2.81. The summed E-state index contributed by atoms with van der Waals surface area (Å²) >= 11 is 6.69. The van der Waals surface area contributed by atoms with Crippen molar-refractivity contribution in [2.45, 2.75) is 6.54 Å². The number of likely N-dealkylation sites (N-methyl/N-ethyl adjacent to an activating group) is 1. The zero-order valence-corrected chi connectivity index (χ0v) is 21.4. The van der Waals surface area contributed by atoms with Crippen LogP contribution in [0.4, 0.5) is 0 Å². The van der Waals surface area contributed by atoms with Gasteiger partial charge in [-0.2, -0.15) is 0 Å². The Bertz CT molecular complexity index is 949. The van der Waals surface area contributed by atoms with Gasteiger partial charge in [0.05, 0.1) is 0 Å². The second-order valence-electron chi connectivity index (χ2n) is 7.57. The van der Waals surface area contributed by atoms with Gasteiger partial charge in [-0.05, 0) is 0 Å². The fourth-order valence-corrected chi connectivity index (χ4v) is 17.7. The van der Waals surface area contributed by atoms with Gasteiger partial charge in [0.15, 0.2) is 0 Å². The minimum atomic E-state index is -1.90. The number of rotatable bonds is 7. The van der Waals surface area contributed by atoms with Crippen molar-refractivity contribution in [3.05, 3.63) is 90.5 Å². The molecule has 4 rings (SSSR count). The standard InChI is InChI=1S/C24H27N2PS2Se/c1-25-16-18-26(19-17-25)20-21-10-8-9-15-24(21)30-29-27(28,22-11-4-2-5-12-22)23-13-6-3-7-14-23/h2-15H,16-20H2,1H3. The predicted molar refractivity (Wildman–Crippen MR) is 139 cm³/mol. The molecule has 0 spiro atoms. The van der Waals surface area contributed by atoms with Crippen molar-refractivity contribution in [1.82, 2.24) is 9.80 Å². The SMILES string of the molecule is CN1CCN(Cc2ccccc2[Se]SP(=S)(c2ccccc2)c2ccccc2)CC1. The molecule has 0 amide bonds. The van der Waals surface area contributed by atoms with Crippen LogP contribution in [0.3, 0.4) is 0 Å². The zero-order valence-electron chi connectivity index (χ0n) is 17.2. The quantitative estimate of drug-likeness (QED) is 0.350. The van der Waals surface area contributed by atoms with Crippen LogP contribution in [-0.2, 0) is 18.4 Å². The van der Waals surface area contributed by atoms with Crippen molar-refractivity contribution in [2.24, 2.45) is 0 Å². The Morgan fingerprint density at radius 3 is 1.93 bits per heavy atom. The normalized spacial score (nSPS) is 15.9. The van der Waals surface area contributed by atoms with Gasteiger partial charge in [-0.1, -0.05) is 0 Å². The molecule has 0 N–H and O–H groups in total. The fourth-order valence-electron chi connectivity index (χ4n) is 3.54. The molecular weight excluding hydrogens is 490 g/mol. The average molecular weight is 518 g/mol. The molecule has 1 fully saturated rings. The molecule has 0 atom stereocenters. The number of nitrogens with zero attached hydrogens (tertiary/aromatic N) is 2. The van der Waals surface area contributed by atoms with Crippen LogP contribution in [0.5, 0.6) is 0 Å². The molecule has 156 valence electrons. The van der Waals surface area contributed by atoms with Crippen molar-refractivity contribution in [2.75, 3.05) is 33.2 Å². The van der Waals surface area contributed by atoms with Gasteiger partial charge >= 0.3 is 196 Å². The number of benzene rings is 3. The van der Waals surface area contributed by atoms with Gasteiger partial charge < -0.3 is 0 Å². The van der Waals surface area contributed by atoms with E-state index in [4.69, 9.17) is 11.8 Å². The van der Waals surface area contributed by atoms with Gasteiger partial charge in [-0.25, -0.2) is 0 Å². The fraction of sp³-hybridized carbons (Fsp3) is 0.250. The van der Waals surface area contributed by atoms with E-state index in [1.807, 2.05) is 9.80 Å². The summed E-state index contributed by atoms with van der Waals surface area (Å²) in [6, 6.07) is 30.5. The maximum atomic E-state index is 6.43. The van der Waals surface area contributed by atoms with Gasteiger partial charge in [0.1, 0.15) is 0 Å². The summed E-state index contributed by atoms with van der Waals surface area (Å²) in [6.07, 6.45) is 0. The van der Waals surface area contributed by atoms with Crippen molar-refractivity contribution in [1.29, 1.82) is 0 Å². The van der Waals surface area contributed by atoms with E-state index < -0.39 is 5.24 Å². The molecule has 2 nitrogen and oxygen atoms in total. The van der Waals surface area contributed by atoms with Crippen LogP contribution < -0.4 is 15.1 Å². The van der Waals surface area contributed by atoms with Crippen LogP contribution in [0.2, 0.25) is 0 Å². The zero-order chi connectivity index (χ0) is 20.8. The predicted octanol–water partition coefficient (Wildman–Crippen LogP) is 3.46. The van der Waals surface area contributed by atoms with Crippen LogP contribution in [0, 0.1) is 0 Å². The molecule has 3 aromatic carbocycles. The molecule has 0 unspecified atom stereocenters. The molecule has 0 saturated carbocycles. The molecule has 1 heterocycles. The summed E-state index contributed by atoms with van der Waals surface area (Å²) in [7, 11) is 4.23. The molecule has 1 aliphatic heterocycles. The molecule has 0 aliphatic carbocycles. The molecule has 1 saturated heterocycles. The monoisotopic (exact) mass is 518 g/mol. The second-order valence-corrected chi connectivity index (χ2v) is 19.2. The first-order valence-electron chi connectivity index (χ1n) is 10.2. The van der Waals surface area contributed by atoms with E-state index >= 15 is 0 Å². The van der Waals surface area contributed by atoms with Gasteiger partial charge in [-0.15, -0.1) is 0 Å². The topological polar surface area (TPSA) is 6.48 Å². The van der Waals surface area contributed by atoms with Gasteiger partial charge in [0, 0.05) is 0 Å². The third-order valence-corrected chi connectivity index (χ3v) is 21.4. The Morgan fingerprint density at radius 1 is 0.800 bits per heavy atom. The molecule has 0 radical (unpaired) electrons. The minimum absolute atomic E-state index is 0.268. The van der Waals surface area contributed by atoms with Gasteiger partial charge in [-0.3, -0.25) is 0 Å². The summed E-state index contributed by atoms with van der Waals surface area (Å²) in [6.45, 7) is 5.66. The van der Waals surface area contributed by atoms with Crippen LogP contribution in [0.15, 0.2) is 84.9 Å². The summed E-state index contributed by atoms with van der Waals surface area (Å²) in [4.78, 5) is 5.00. The Hall–Kier alpha value is -0.901. The third-order valence-electron chi connectivity index (χ3n) is 5.39. The van der Waals surface area contributed by atoms with Crippen molar-refractivity contribution in [3.8, 4) is 0 Å². The third kappa shape index (κ3) is 5.47. The number of hydrogen-bond acceptors (Lipinski definition) is 4. The van der Waals surface area contributed by atoms with Gasteiger partial charge in [0.2, 0.25) is 0 Å². The van der Waals surface area contributed by atoms with Crippen molar-refractivity contribution < 1.29 is 0 Å². The number of hydrogen-bond donors (Lipinski definition) is 0. The Morgan fingerprint density at radius 2 is 1.33 bits per heavy atom. The van der Waals surface area contributed by atoms with Crippen LogP contribution in [0.25, 0.3) is 0 Å². The van der Waals surface area contributed by atoms with Crippen LogP contribution >= 0.6 is 15.0 Å². The molecule has 3 aromatic rings. The van der Waals surface area contributed by atoms with Crippen LogP contribution in [0.1, 0.15) is 5.56 Å². The molecule has 0 bridgehead atoms. The second kappa shape index (κ2) is 10.6.